The number of nitrogens with zero attached hydrogens (tertiary/aromatic N) is 4. The second-order valence-electron chi connectivity index (χ2n) is 6.98. The SMILES string of the molecule is O=[N+]([O-])c1cccc(-n2cccc2[C@@H]2[C@H](c3ccccn3)NC(=S)N2CCCO)c1. The van der Waals surface area contributed by atoms with Gasteiger partial charge in [0.1, 0.15) is 0 Å². The Hall–Kier alpha value is -3.30. The van der Waals surface area contributed by atoms with E-state index >= 15 is 0 Å². The molecule has 2 aromatic heterocycles. The van der Waals surface area contributed by atoms with E-state index in [1.807, 2.05) is 52.1 Å². The molecule has 8 nitrogen and oxygen atoms in total. The fraction of sp³-hybridized carbons (Fsp3) is 0.238. The average Bonchev–Trinajstić information content (AvgIpc) is 3.37. The van der Waals surface area contributed by atoms with Crippen molar-refractivity contribution in [3.05, 3.63) is 88.5 Å². The van der Waals surface area contributed by atoms with Crippen LogP contribution in [0.3, 0.4) is 0 Å². The van der Waals surface area contributed by atoms with Crippen LogP contribution in [0.5, 0.6) is 0 Å². The molecule has 1 aromatic carbocycles. The highest BCUT2D eigenvalue weighted by Gasteiger charge is 2.40. The molecule has 2 atom stereocenters. The van der Waals surface area contributed by atoms with Crippen molar-refractivity contribution < 1.29 is 10.0 Å². The topological polar surface area (TPSA) is 96.5 Å². The van der Waals surface area contributed by atoms with E-state index in [4.69, 9.17) is 12.2 Å². The Balaban J connectivity index is 1.79. The van der Waals surface area contributed by atoms with Gasteiger partial charge in [-0.05, 0) is 49.0 Å². The van der Waals surface area contributed by atoms with Crippen molar-refractivity contribution >= 4 is 23.0 Å². The maximum absolute atomic E-state index is 11.2. The zero-order chi connectivity index (χ0) is 21.1. The first-order chi connectivity index (χ1) is 14.6. The largest absolute Gasteiger partial charge is 0.396 e. The third kappa shape index (κ3) is 3.77. The molecule has 154 valence electrons. The Kier molecular flexibility index (Phi) is 5.73. The number of aromatic nitrogens is 2. The molecule has 1 aliphatic heterocycles. The number of nitrogens with one attached hydrogen (secondary N) is 1. The smallest absolute Gasteiger partial charge is 0.271 e. The van der Waals surface area contributed by atoms with Crippen LogP contribution >= 0.6 is 12.2 Å². The first-order valence-corrected chi connectivity index (χ1v) is 10.0. The van der Waals surface area contributed by atoms with Gasteiger partial charge in [-0.25, -0.2) is 0 Å². The molecule has 4 rings (SSSR count). The third-order valence-electron chi connectivity index (χ3n) is 5.16. The van der Waals surface area contributed by atoms with Crippen molar-refractivity contribution in [1.29, 1.82) is 0 Å². The van der Waals surface area contributed by atoms with E-state index in [2.05, 4.69) is 10.3 Å². The van der Waals surface area contributed by atoms with Crippen molar-refractivity contribution in [3.63, 3.8) is 0 Å². The normalized spacial score (nSPS) is 18.4. The summed E-state index contributed by atoms with van der Waals surface area (Å²) < 4.78 is 1.94. The summed E-state index contributed by atoms with van der Waals surface area (Å²) in [5.74, 6) is 0. The number of hydrogen-bond acceptors (Lipinski definition) is 5. The molecule has 0 aliphatic carbocycles. The molecule has 3 aromatic rings. The Morgan fingerprint density at radius 3 is 2.80 bits per heavy atom. The van der Waals surface area contributed by atoms with Gasteiger partial charge in [-0.3, -0.25) is 15.1 Å². The van der Waals surface area contributed by atoms with Gasteiger partial charge in [0.25, 0.3) is 5.69 Å². The number of aliphatic hydroxyl groups is 1. The van der Waals surface area contributed by atoms with Crippen molar-refractivity contribution in [3.8, 4) is 5.69 Å². The van der Waals surface area contributed by atoms with Crippen LogP contribution in [-0.4, -0.2) is 42.7 Å². The molecular weight excluding hydrogens is 402 g/mol. The van der Waals surface area contributed by atoms with Crippen LogP contribution in [0, 0.1) is 10.1 Å². The van der Waals surface area contributed by atoms with E-state index in [-0.39, 0.29) is 24.4 Å². The lowest BCUT2D eigenvalue weighted by Gasteiger charge is -2.28. The van der Waals surface area contributed by atoms with Gasteiger partial charge >= 0.3 is 0 Å². The van der Waals surface area contributed by atoms with E-state index in [0.717, 1.165) is 11.4 Å². The van der Waals surface area contributed by atoms with Crippen molar-refractivity contribution in [1.82, 2.24) is 19.8 Å². The number of benzene rings is 1. The number of hydrogen-bond donors (Lipinski definition) is 2. The zero-order valence-electron chi connectivity index (χ0n) is 16.1. The lowest BCUT2D eigenvalue weighted by Crippen LogP contribution is -2.31. The Labute approximate surface area is 178 Å². The molecule has 0 amide bonds. The summed E-state index contributed by atoms with van der Waals surface area (Å²) in [7, 11) is 0. The Morgan fingerprint density at radius 1 is 1.20 bits per heavy atom. The van der Waals surface area contributed by atoms with E-state index in [0.29, 0.717) is 23.8 Å². The molecule has 0 unspecified atom stereocenters. The van der Waals surface area contributed by atoms with Crippen molar-refractivity contribution in [2.75, 3.05) is 13.2 Å². The summed E-state index contributed by atoms with van der Waals surface area (Å²) in [6, 6.07) is 15.8. The summed E-state index contributed by atoms with van der Waals surface area (Å²) in [6.07, 6.45) is 4.20. The summed E-state index contributed by atoms with van der Waals surface area (Å²) in [5.41, 5.74) is 2.51. The monoisotopic (exact) mass is 423 g/mol. The van der Waals surface area contributed by atoms with Crippen molar-refractivity contribution in [2.24, 2.45) is 0 Å². The van der Waals surface area contributed by atoms with Crippen molar-refractivity contribution in [2.45, 2.75) is 18.5 Å². The fourth-order valence-electron chi connectivity index (χ4n) is 3.84. The predicted octanol–water partition coefficient (Wildman–Crippen LogP) is 3.14. The number of pyridine rings is 1. The van der Waals surface area contributed by atoms with Crippen LogP contribution in [0.2, 0.25) is 0 Å². The molecule has 1 saturated heterocycles. The van der Waals surface area contributed by atoms with Crippen LogP contribution in [0.1, 0.15) is 29.9 Å². The second-order valence-corrected chi connectivity index (χ2v) is 7.36. The molecule has 1 aliphatic rings. The lowest BCUT2D eigenvalue weighted by molar-refractivity contribution is -0.384. The standard InChI is InChI=1S/C21H21N5O3S/c27-13-5-12-25-20(19(23-21(25)30)17-8-1-2-10-22-17)18-9-4-11-24(18)15-6-3-7-16(14-15)26(28)29/h1-4,6-11,14,19-20,27H,5,12-13H2,(H,23,30)/t19-,20+/m0/s1. The number of nitro benzene ring substituents is 1. The van der Waals surface area contributed by atoms with Gasteiger partial charge in [-0.2, -0.15) is 0 Å². The van der Waals surface area contributed by atoms with E-state index in [1.54, 1.807) is 18.3 Å². The molecule has 30 heavy (non-hydrogen) atoms. The van der Waals surface area contributed by atoms with Gasteiger partial charge in [0.05, 0.1) is 28.4 Å². The zero-order valence-corrected chi connectivity index (χ0v) is 16.9. The van der Waals surface area contributed by atoms with Crippen LogP contribution < -0.4 is 5.32 Å². The second kappa shape index (κ2) is 8.60. The summed E-state index contributed by atoms with van der Waals surface area (Å²) in [5, 5.41) is 24.6. The van der Waals surface area contributed by atoms with Crippen LogP contribution in [-0.2, 0) is 0 Å². The Morgan fingerprint density at radius 2 is 2.07 bits per heavy atom. The first kappa shape index (κ1) is 20.0. The van der Waals surface area contributed by atoms with E-state index in [9.17, 15) is 15.2 Å². The van der Waals surface area contributed by atoms with E-state index < -0.39 is 4.92 Å². The molecule has 0 saturated carbocycles. The van der Waals surface area contributed by atoms with Gasteiger partial charge < -0.3 is 19.9 Å². The number of non-ortho nitro benzene ring substituents is 1. The van der Waals surface area contributed by atoms with Gasteiger partial charge in [0, 0.05) is 43.4 Å². The minimum Gasteiger partial charge on any atom is -0.396 e. The van der Waals surface area contributed by atoms with Gasteiger partial charge in [-0.15, -0.1) is 0 Å². The third-order valence-corrected chi connectivity index (χ3v) is 5.51. The molecule has 2 N–H and O–H groups in total. The highest BCUT2D eigenvalue weighted by atomic mass is 32.1. The van der Waals surface area contributed by atoms with Crippen LogP contribution in [0.15, 0.2) is 67.0 Å². The Bertz CT molecular complexity index is 1060. The highest BCUT2D eigenvalue weighted by molar-refractivity contribution is 7.80. The van der Waals surface area contributed by atoms with Gasteiger partial charge in [-0.1, -0.05) is 12.1 Å². The van der Waals surface area contributed by atoms with E-state index in [1.165, 1.54) is 6.07 Å². The molecule has 0 bridgehead atoms. The number of aliphatic hydroxyl groups excluding tert-OH is 1. The molecule has 1 fully saturated rings. The maximum Gasteiger partial charge on any atom is 0.271 e. The molecule has 0 radical (unpaired) electrons. The summed E-state index contributed by atoms with van der Waals surface area (Å²) >= 11 is 5.60. The number of thiocarbonyl (C=S) groups is 1. The minimum atomic E-state index is -0.400. The predicted molar refractivity (Wildman–Crippen MR) is 116 cm³/mol. The molecule has 3 heterocycles. The quantitative estimate of drug-likeness (QED) is 0.342. The fourth-order valence-corrected chi connectivity index (χ4v) is 4.17. The number of nitro groups is 1. The van der Waals surface area contributed by atoms with Crippen LogP contribution in [0.25, 0.3) is 5.69 Å². The summed E-state index contributed by atoms with van der Waals surface area (Å²) in [4.78, 5) is 17.4. The molecular formula is C21H21N5O3S. The van der Waals surface area contributed by atoms with Gasteiger partial charge in [0.2, 0.25) is 0 Å². The lowest BCUT2D eigenvalue weighted by atomic mass is 10.0. The van der Waals surface area contributed by atoms with Crippen LogP contribution in [0.4, 0.5) is 5.69 Å². The highest BCUT2D eigenvalue weighted by Crippen LogP contribution is 2.39. The number of rotatable bonds is 7. The minimum absolute atomic E-state index is 0.0330. The molecule has 0 spiro atoms. The molecule has 9 heteroatoms. The van der Waals surface area contributed by atoms with Gasteiger partial charge in [0.15, 0.2) is 5.11 Å². The summed E-state index contributed by atoms with van der Waals surface area (Å²) in [6.45, 7) is 0.641. The average molecular weight is 423 g/mol. The maximum atomic E-state index is 11.2. The first-order valence-electron chi connectivity index (χ1n) is 9.61.